The molecule has 174 valence electrons. The summed E-state index contributed by atoms with van der Waals surface area (Å²) in [6.45, 7) is 5.57. The van der Waals surface area contributed by atoms with E-state index in [1.54, 1.807) is 25.1 Å². The minimum absolute atomic E-state index is 0.00274. The normalized spacial score (nSPS) is 12.8. The molecule has 0 spiro atoms. The van der Waals surface area contributed by atoms with Gasteiger partial charge >= 0.3 is 0 Å². The molecule has 0 saturated carbocycles. The van der Waals surface area contributed by atoms with E-state index in [1.165, 1.54) is 4.90 Å². The number of carbonyl (C=O) groups is 2. The topological polar surface area (TPSA) is 58.6 Å². The largest absolute Gasteiger partial charge is 0.483 e. The van der Waals surface area contributed by atoms with Gasteiger partial charge in [-0.1, -0.05) is 72.6 Å². The van der Waals surface area contributed by atoms with Crippen LogP contribution in [0.25, 0.3) is 10.8 Å². The van der Waals surface area contributed by atoms with Crippen LogP contribution in [0.5, 0.6) is 5.75 Å². The Morgan fingerprint density at radius 3 is 2.48 bits per heavy atom. The number of amides is 2. The van der Waals surface area contributed by atoms with Crippen molar-refractivity contribution < 1.29 is 14.3 Å². The second-order valence-electron chi connectivity index (χ2n) is 8.02. The van der Waals surface area contributed by atoms with Crippen molar-refractivity contribution in [1.82, 2.24) is 10.2 Å². The van der Waals surface area contributed by atoms with Crippen molar-refractivity contribution in [2.75, 3.05) is 6.61 Å². The number of benzene rings is 3. The van der Waals surface area contributed by atoms with Crippen molar-refractivity contribution in [2.24, 2.45) is 0 Å². The number of nitrogens with one attached hydrogen (secondary N) is 1. The van der Waals surface area contributed by atoms with Gasteiger partial charge in [0.05, 0.1) is 0 Å². The molecule has 0 saturated heterocycles. The van der Waals surface area contributed by atoms with Crippen molar-refractivity contribution in [3.8, 4) is 5.75 Å². The molecule has 0 radical (unpaired) electrons. The van der Waals surface area contributed by atoms with Crippen LogP contribution in [0.4, 0.5) is 0 Å². The summed E-state index contributed by atoms with van der Waals surface area (Å²) in [4.78, 5) is 27.6. The quantitative estimate of drug-likeness (QED) is 0.412. The standard InChI is InChI=1S/C26H28Cl2N2O3/c1-4-17(2)29-26(32)18(3)30(15-20-12-13-21(27)14-23(20)28)25(31)16-33-24-11-7-9-19-8-5-6-10-22(19)24/h5-14,17-18H,4,15-16H2,1-3H3,(H,29,32). The molecule has 0 aromatic heterocycles. The number of fused-ring (bicyclic) bond motifs is 1. The maximum absolute atomic E-state index is 13.3. The van der Waals surface area contributed by atoms with Crippen LogP contribution in [0.2, 0.25) is 10.0 Å². The smallest absolute Gasteiger partial charge is 0.261 e. The molecule has 2 amide bonds. The number of hydrogen-bond acceptors (Lipinski definition) is 3. The van der Waals surface area contributed by atoms with Crippen LogP contribution in [0, 0.1) is 0 Å². The molecule has 3 aromatic carbocycles. The third-order valence-electron chi connectivity index (χ3n) is 5.62. The Labute approximate surface area is 204 Å². The number of halogens is 2. The Morgan fingerprint density at radius 2 is 1.76 bits per heavy atom. The van der Waals surface area contributed by atoms with Crippen molar-refractivity contribution in [3.05, 3.63) is 76.3 Å². The van der Waals surface area contributed by atoms with Gasteiger partial charge in [0.1, 0.15) is 11.8 Å². The van der Waals surface area contributed by atoms with Gasteiger partial charge in [0.2, 0.25) is 5.91 Å². The molecule has 33 heavy (non-hydrogen) atoms. The summed E-state index contributed by atoms with van der Waals surface area (Å²) >= 11 is 12.4. The fourth-order valence-electron chi connectivity index (χ4n) is 3.43. The minimum Gasteiger partial charge on any atom is -0.483 e. The molecule has 2 unspecified atom stereocenters. The molecule has 2 atom stereocenters. The summed E-state index contributed by atoms with van der Waals surface area (Å²) in [5.41, 5.74) is 0.697. The third-order valence-corrected chi connectivity index (χ3v) is 6.21. The maximum Gasteiger partial charge on any atom is 0.261 e. The maximum atomic E-state index is 13.3. The molecule has 0 heterocycles. The van der Waals surface area contributed by atoms with Crippen LogP contribution in [-0.2, 0) is 16.1 Å². The predicted molar refractivity (Wildman–Crippen MR) is 134 cm³/mol. The predicted octanol–water partition coefficient (Wildman–Crippen LogP) is 5.86. The third kappa shape index (κ3) is 6.40. The fourth-order valence-corrected chi connectivity index (χ4v) is 3.89. The molecule has 1 N–H and O–H groups in total. The first-order valence-corrected chi connectivity index (χ1v) is 11.7. The molecular weight excluding hydrogens is 459 g/mol. The van der Waals surface area contributed by atoms with Gasteiger partial charge in [-0.2, -0.15) is 0 Å². The Hall–Kier alpha value is -2.76. The van der Waals surface area contributed by atoms with Gasteiger partial charge in [-0.3, -0.25) is 9.59 Å². The van der Waals surface area contributed by atoms with Crippen LogP contribution < -0.4 is 10.1 Å². The zero-order valence-electron chi connectivity index (χ0n) is 19.0. The molecule has 0 aliphatic rings. The second-order valence-corrected chi connectivity index (χ2v) is 8.86. The van der Waals surface area contributed by atoms with Gasteiger partial charge in [0.25, 0.3) is 5.91 Å². The summed E-state index contributed by atoms with van der Waals surface area (Å²) in [6.07, 6.45) is 0.791. The van der Waals surface area contributed by atoms with Crippen LogP contribution in [0.15, 0.2) is 60.7 Å². The van der Waals surface area contributed by atoms with Crippen molar-refractivity contribution in [2.45, 2.75) is 45.8 Å². The molecule has 3 rings (SSSR count). The fraction of sp³-hybridized carbons (Fsp3) is 0.308. The second kappa shape index (κ2) is 11.4. The Kier molecular flexibility index (Phi) is 8.59. The monoisotopic (exact) mass is 486 g/mol. The first-order valence-electron chi connectivity index (χ1n) is 10.9. The van der Waals surface area contributed by atoms with E-state index in [0.717, 1.165) is 17.2 Å². The molecule has 3 aromatic rings. The lowest BCUT2D eigenvalue weighted by atomic mass is 10.1. The van der Waals surface area contributed by atoms with E-state index in [-0.39, 0.29) is 31.0 Å². The molecular formula is C26H28Cl2N2O3. The van der Waals surface area contributed by atoms with E-state index in [4.69, 9.17) is 27.9 Å². The van der Waals surface area contributed by atoms with E-state index in [0.29, 0.717) is 21.4 Å². The lowest BCUT2D eigenvalue weighted by Crippen LogP contribution is -2.50. The van der Waals surface area contributed by atoms with Crippen LogP contribution in [0.1, 0.15) is 32.8 Å². The van der Waals surface area contributed by atoms with Crippen molar-refractivity contribution >= 4 is 45.8 Å². The molecule has 5 nitrogen and oxygen atoms in total. The number of carbonyl (C=O) groups excluding carboxylic acids is 2. The summed E-state index contributed by atoms with van der Waals surface area (Å²) in [5.74, 6) is 0.0661. The summed E-state index contributed by atoms with van der Waals surface area (Å²) in [7, 11) is 0. The van der Waals surface area contributed by atoms with Gasteiger partial charge < -0.3 is 15.0 Å². The van der Waals surface area contributed by atoms with E-state index in [1.807, 2.05) is 56.3 Å². The van der Waals surface area contributed by atoms with Gasteiger partial charge in [-0.05, 0) is 49.4 Å². The number of rotatable bonds is 9. The summed E-state index contributed by atoms with van der Waals surface area (Å²) in [6, 6.07) is 17.9. The van der Waals surface area contributed by atoms with Gasteiger partial charge in [0, 0.05) is 28.0 Å². The highest BCUT2D eigenvalue weighted by Crippen LogP contribution is 2.26. The highest BCUT2D eigenvalue weighted by atomic mass is 35.5. The average molecular weight is 487 g/mol. The zero-order valence-corrected chi connectivity index (χ0v) is 20.5. The zero-order chi connectivity index (χ0) is 24.0. The van der Waals surface area contributed by atoms with Gasteiger partial charge in [0.15, 0.2) is 6.61 Å². The molecule has 0 aliphatic heterocycles. The Morgan fingerprint density at radius 1 is 1.03 bits per heavy atom. The highest BCUT2D eigenvalue weighted by molar-refractivity contribution is 6.35. The van der Waals surface area contributed by atoms with E-state index in [2.05, 4.69) is 5.32 Å². The Balaban J connectivity index is 1.82. The van der Waals surface area contributed by atoms with E-state index in [9.17, 15) is 9.59 Å². The number of ether oxygens (including phenoxy) is 1. The lowest BCUT2D eigenvalue weighted by molar-refractivity contribution is -0.142. The van der Waals surface area contributed by atoms with Crippen molar-refractivity contribution in [1.29, 1.82) is 0 Å². The van der Waals surface area contributed by atoms with Gasteiger partial charge in [-0.15, -0.1) is 0 Å². The van der Waals surface area contributed by atoms with Crippen LogP contribution >= 0.6 is 23.2 Å². The lowest BCUT2D eigenvalue weighted by Gasteiger charge is -2.30. The van der Waals surface area contributed by atoms with Gasteiger partial charge in [-0.25, -0.2) is 0 Å². The van der Waals surface area contributed by atoms with Crippen LogP contribution in [0.3, 0.4) is 0 Å². The molecule has 7 heteroatoms. The molecule has 0 fully saturated rings. The SMILES string of the molecule is CCC(C)NC(=O)C(C)N(Cc1ccc(Cl)cc1Cl)C(=O)COc1cccc2ccccc12. The average Bonchev–Trinajstić information content (AvgIpc) is 2.81. The number of nitrogens with zero attached hydrogens (tertiary/aromatic N) is 1. The minimum atomic E-state index is -0.714. The van der Waals surface area contributed by atoms with E-state index >= 15 is 0 Å². The molecule has 0 aliphatic carbocycles. The molecule has 0 bridgehead atoms. The highest BCUT2D eigenvalue weighted by Gasteiger charge is 2.28. The summed E-state index contributed by atoms with van der Waals surface area (Å²) < 4.78 is 5.90. The number of hydrogen-bond donors (Lipinski definition) is 1. The Bertz CT molecular complexity index is 1130. The first kappa shape index (κ1) is 24.9. The van der Waals surface area contributed by atoms with Crippen LogP contribution in [-0.4, -0.2) is 35.4 Å². The first-order chi connectivity index (χ1) is 15.8. The van der Waals surface area contributed by atoms with E-state index < -0.39 is 6.04 Å². The summed E-state index contributed by atoms with van der Waals surface area (Å²) in [5, 5.41) is 5.82. The van der Waals surface area contributed by atoms with Crippen molar-refractivity contribution in [3.63, 3.8) is 0 Å².